The molecule has 2 nitrogen and oxygen atoms in total. The molecule has 1 fully saturated rings. The molecule has 0 unspecified atom stereocenters. The molecule has 0 bridgehead atoms. The second kappa shape index (κ2) is 4.01. The molecule has 0 amide bonds. The van der Waals surface area contributed by atoms with Crippen LogP contribution in [0, 0.1) is 5.92 Å². The normalized spacial score (nSPS) is 24.7. The fourth-order valence-electron chi connectivity index (χ4n) is 1.89. The highest BCUT2D eigenvalue weighted by molar-refractivity contribution is 5.32. The first kappa shape index (κ1) is 9.53. The van der Waals surface area contributed by atoms with Crippen LogP contribution in [0.3, 0.4) is 0 Å². The summed E-state index contributed by atoms with van der Waals surface area (Å²) in [6.45, 7) is 3.55. The first-order valence-electron chi connectivity index (χ1n) is 5.28. The van der Waals surface area contributed by atoms with Crippen molar-refractivity contribution in [3.8, 4) is 5.75 Å². The van der Waals surface area contributed by atoms with E-state index in [2.05, 4.69) is 12.1 Å². The minimum Gasteiger partial charge on any atom is -0.494 e. The van der Waals surface area contributed by atoms with Crippen LogP contribution < -0.4 is 10.5 Å². The summed E-state index contributed by atoms with van der Waals surface area (Å²) in [4.78, 5) is 0. The van der Waals surface area contributed by atoms with Crippen LogP contribution in [-0.4, -0.2) is 13.2 Å². The zero-order chi connectivity index (χ0) is 9.97. The van der Waals surface area contributed by atoms with E-state index in [1.165, 1.54) is 12.0 Å². The Balaban J connectivity index is 2.00. The van der Waals surface area contributed by atoms with E-state index in [4.69, 9.17) is 10.5 Å². The standard InChI is InChI=1S/C12H17NO/c1-2-14-11-5-3-9(4-6-11)12-7-10(12)8-13/h3-6,10,12H,2,7-8,13H2,1H3/t10-,12+/m1/s1. The number of nitrogens with two attached hydrogens (primary N) is 1. The van der Waals surface area contributed by atoms with Crippen molar-refractivity contribution in [2.45, 2.75) is 19.3 Å². The Morgan fingerprint density at radius 3 is 2.57 bits per heavy atom. The summed E-state index contributed by atoms with van der Waals surface area (Å²) in [5, 5.41) is 0. The third-order valence-corrected chi connectivity index (χ3v) is 2.84. The van der Waals surface area contributed by atoms with Crippen LogP contribution in [0.2, 0.25) is 0 Å². The van der Waals surface area contributed by atoms with Gasteiger partial charge in [0.15, 0.2) is 0 Å². The third kappa shape index (κ3) is 1.90. The van der Waals surface area contributed by atoms with E-state index < -0.39 is 0 Å². The van der Waals surface area contributed by atoms with Gasteiger partial charge in [-0.3, -0.25) is 0 Å². The highest BCUT2D eigenvalue weighted by atomic mass is 16.5. The van der Waals surface area contributed by atoms with Gasteiger partial charge in [-0.25, -0.2) is 0 Å². The molecule has 1 saturated carbocycles. The summed E-state index contributed by atoms with van der Waals surface area (Å²) in [7, 11) is 0. The Bertz CT molecular complexity index is 294. The van der Waals surface area contributed by atoms with E-state index in [1.54, 1.807) is 0 Å². The number of rotatable bonds is 4. The molecule has 2 heteroatoms. The molecule has 0 saturated heterocycles. The van der Waals surface area contributed by atoms with Crippen LogP contribution in [0.1, 0.15) is 24.8 Å². The molecule has 2 rings (SSSR count). The number of benzene rings is 1. The topological polar surface area (TPSA) is 35.2 Å². The molecule has 1 aromatic carbocycles. The third-order valence-electron chi connectivity index (χ3n) is 2.84. The molecular weight excluding hydrogens is 174 g/mol. The van der Waals surface area contributed by atoms with Crippen molar-refractivity contribution in [3.63, 3.8) is 0 Å². The molecular formula is C12H17NO. The Morgan fingerprint density at radius 2 is 2.07 bits per heavy atom. The summed E-state index contributed by atoms with van der Waals surface area (Å²) >= 11 is 0. The monoisotopic (exact) mass is 191 g/mol. The smallest absolute Gasteiger partial charge is 0.119 e. The molecule has 1 aromatic rings. The van der Waals surface area contributed by atoms with Gasteiger partial charge in [-0.15, -0.1) is 0 Å². The fourth-order valence-corrected chi connectivity index (χ4v) is 1.89. The largest absolute Gasteiger partial charge is 0.494 e. The predicted octanol–water partition coefficient (Wildman–Crippen LogP) is 2.15. The van der Waals surface area contributed by atoms with E-state index >= 15 is 0 Å². The van der Waals surface area contributed by atoms with Crippen LogP contribution in [0.15, 0.2) is 24.3 Å². The Labute approximate surface area is 85.1 Å². The Morgan fingerprint density at radius 1 is 1.36 bits per heavy atom. The first-order chi connectivity index (χ1) is 6.85. The molecule has 0 aromatic heterocycles. The average Bonchev–Trinajstić information content (AvgIpc) is 2.99. The molecule has 0 spiro atoms. The minimum absolute atomic E-state index is 0.704. The van der Waals surface area contributed by atoms with E-state index in [-0.39, 0.29) is 0 Å². The van der Waals surface area contributed by atoms with Gasteiger partial charge in [0.1, 0.15) is 5.75 Å². The van der Waals surface area contributed by atoms with Crippen LogP contribution in [-0.2, 0) is 0 Å². The van der Waals surface area contributed by atoms with Crippen LogP contribution >= 0.6 is 0 Å². The molecule has 1 aliphatic carbocycles. The van der Waals surface area contributed by atoms with Gasteiger partial charge >= 0.3 is 0 Å². The molecule has 14 heavy (non-hydrogen) atoms. The van der Waals surface area contributed by atoms with Crippen molar-refractivity contribution in [1.29, 1.82) is 0 Å². The number of ether oxygens (including phenoxy) is 1. The maximum absolute atomic E-state index is 5.61. The molecule has 2 atom stereocenters. The van der Waals surface area contributed by atoms with Crippen molar-refractivity contribution in [2.24, 2.45) is 11.7 Å². The van der Waals surface area contributed by atoms with Crippen LogP contribution in [0.25, 0.3) is 0 Å². The van der Waals surface area contributed by atoms with Crippen molar-refractivity contribution in [1.82, 2.24) is 0 Å². The second-order valence-electron chi connectivity index (χ2n) is 3.84. The fraction of sp³-hybridized carbons (Fsp3) is 0.500. The molecule has 0 aliphatic heterocycles. The maximum Gasteiger partial charge on any atom is 0.119 e. The average molecular weight is 191 g/mol. The molecule has 1 aliphatic rings. The highest BCUT2D eigenvalue weighted by Gasteiger charge is 2.36. The maximum atomic E-state index is 5.61. The van der Waals surface area contributed by atoms with Gasteiger partial charge in [-0.1, -0.05) is 12.1 Å². The Kier molecular flexibility index (Phi) is 2.73. The van der Waals surface area contributed by atoms with Gasteiger partial charge in [0.05, 0.1) is 6.61 Å². The van der Waals surface area contributed by atoms with E-state index in [0.717, 1.165) is 18.9 Å². The SMILES string of the molecule is CCOc1ccc([C@@H]2C[C@@H]2CN)cc1. The predicted molar refractivity (Wildman–Crippen MR) is 57.5 cm³/mol. The van der Waals surface area contributed by atoms with Gasteiger partial charge < -0.3 is 10.5 Å². The van der Waals surface area contributed by atoms with Gasteiger partial charge in [0.25, 0.3) is 0 Å². The summed E-state index contributed by atoms with van der Waals surface area (Å²) in [6, 6.07) is 8.41. The zero-order valence-corrected chi connectivity index (χ0v) is 8.57. The molecule has 0 radical (unpaired) electrons. The quantitative estimate of drug-likeness (QED) is 0.791. The van der Waals surface area contributed by atoms with Crippen molar-refractivity contribution >= 4 is 0 Å². The summed E-state index contributed by atoms with van der Waals surface area (Å²) < 4.78 is 5.39. The molecule has 2 N–H and O–H groups in total. The van der Waals surface area contributed by atoms with Gasteiger partial charge in [0, 0.05) is 0 Å². The van der Waals surface area contributed by atoms with Crippen molar-refractivity contribution in [2.75, 3.05) is 13.2 Å². The van der Waals surface area contributed by atoms with Crippen molar-refractivity contribution < 1.29 is 4.74 Å². The van der Waals surface area contributed by atoms with Gasteiger partial charge in [0.2, 0.25) is 0 Å². The Hall–Kier alpha value is -1.02. The van der Waals surface area contributed by atoms with E-state index in [0.29, 0.717) is 11.8 Å². The van der Waals surface area contributed by atoms with Gasteiger partial charge in [-0.2, -0.15) is 0 Å². The number of hydrogen-bond donors (Lipinski definition) is 1. The summed E-state index contributed by atoms with van der Waals surface area (Å²) in [5.74, 6) is 2.38. The minimum atomic E-state index is 0.704. The molecule has 0 heterocycles. The first-order valence-corrected chi connectivity index (χ1v) is 5.28. The molecule has 76 valence electrons. The van der Waals surface area contributed by atoms with Gasteiger partial charge in [-0.05, 0) is 49.4 Å². The van der Waals surface area contributed by atoms with E-state index in [1.807, 2.05) is 19.1 Å². The lowest BCUT2D eigenvalue weighted by Crippen LogP contribution is -2.01. The summed E-state index contributed by atoms with van der Waals surface area (Å²) in [6.07, 6.45) is 1.25. The highest BCUT2D eigenvalue weighted by Crippen LogP contribution is 2.46. The lowest BCUT2D eigenvalue weighted by molar-refractivity contribution is 0.340. The van der Waals surface area contributed by atoms with Crippen LogP contribution in [0.4, 0.5) is 0 Å². The summed E-state index contributed by atoms with van der Waals surface area (Å²) in [5.41, 5.74) is 7.02. The number of hydrogen-bond acceptors (Lipinski definition) is 2. The lowest BCUT2D eigenvalue weighted by Gasteiger charge is -2.04. The second-order valence-corrected chi connectivity index (χ2v) is 3.84. The zero-order valence-electron chi connectivity index (χ0n) is 8.57. The lowest BCUT2D eigenvalue weighted by atomic mass is 10.1. The van der Waals surface area contributed by atoms with E-state index in [9.17, 15) is 0 Å². The van der Waals surface area contributed by atoms with Crippen molar-refractivity contribution in [3.05, 3.63) is 29.8 Å². The van der Waals surface area contributed by atoms with Crippen LogP contribution in [0.5, 0.6) is 5.75 Å².